The number of nitrogens with zero attached hydrogens (tertiary/aromatic N) is 2. The molecule has 2 aliphatic rings. The molecule has 2 heterocycles. The van der Waals surface area contributed by atoms with Gasteiger partial charge in [-0.05, 0) is 24.0 Å². The van der Waals surface area contributed by atoms with E-state index in [0.717, 1.165) is 17.5 Å². The third-order valence-corrected chi connectivity index (χ3v) is 5.90. The van der Waals surface area contributed by atoms with E-state index in [1.807, 2.05) is 70.5 Å². The Morgan fingerprint density at radius 2 is 1.66 bits per heavy atom. The Hall–Kier alpha value is -2.37. The zero-order chi connectivity index (χ0) is 19.5. The monoisotopic (exact) mass is 413 g/mol. The number of hydrogen-bond donors (Lipinski definition) is 1. The van der Waals surface area contributed by atoms with Crippen LogP contribution in [-0.2, 0) is 16.1 Å². The minimum Gasteiger partial charge on any atom is -0.341 e. The van der Waals surface area contributed by atoms with Gasteiger partial charge in [-0.25, -0.2) is 0 Å². The van der Waals surface area contributed by atoms with E-state index in [0.29, 0.717) is 32.5 Å². The van der Waals surface area contributed by atoms with Gasteiger partial charge < -0.3 is 15.5 Å². The van der Waals surface area contributed by atoms with Crippen molar-refractivity contribution in [3.63, 3.8) is 0 Å². The zero-order valence-corrected chi connectivity index (χ0v) is 17.3. The van der Waals surface area contributed by atoms with E-state index in [4.69, 9.17) is 5.73 Å². The summed E-state index contributed by atoms with van der Waals surface area (Å²) in [6, 6.07) is 19.8. The van der Waals surface area contributed by atoms with E-state index in [2.05, 4.69) is 0 Å². The number of carbonyl (C=O) groups is 2. The molecule has 2 aromatic carbocycles. The predicted octanol–water partition coefficient (Wildman–Crippen LogP) is 3.15. The van der Waals surface area contributed by atoms with E-state index in [1.165, 1.54) is 0 Å². The molecule has 154 valence electrons. The fourth-order valence-electron chi connectivity index (χ4n) is 4.46. The second-order valence-corrected chi connectivity index (χ2v) is 7.84. The van der Waals surface area contributed by atoms with E-state index in [-0.39, 0.29) is 42.2 Å². The molecular formula is C23H28ClN3O2. The Morgan fingerprint density at radius 1 is 1.00 bits per heavy atom. The molecule has 2 fully saturated rings. The molecule has 0 aliphatic carbocycles. The van der Waals surface area contributed by atoms with Gasteiger partial charge in [-0.2, -0.15) is 0 Å². The quantitative estimate of drug-likeness (QED) is 0.837. The van der Waals surface area contributed by atoms with Crippen molar-refractivity contribution in [1.82, 2.24) is 9.80 Å². The van der Waals surface area contributed by atoms with Crippen molar-refractivity contribution in [2.24, 2.45) is 11.7 Å². The van der Waals surface area contributed by atoms with Gasteiger partial charge in [-0.3, -0.25) is 9.59 Å². The van der Waals surface area contributed by atoms with Crippen molar-refractivity contribution in [2.75, 3.05) is 13.1 Å². The molecule has 0 spiro atoms. The molecule has 29 heavy (non-hydrogen) atoms. The normalized spacial score (nSPS) is 24.3. The second-order valence-electron chi connectivity index (χ2n) is 7.84. The first-order valence-electron chi connectivity index (χ1n) is 10.1. The van der Waals surface area contributed by atoms with Crippen LogP contribution in [0.4, 0.5) is 0 Å². The largest absolute Gasteiger partial charge is 0.341 e. The van der Waals surface area contributed by atoms with Crippen LogP contribution < -0.4 is 5.73 Å². The Balaban J connectivity index is 0.00000240. The summed E-state index contributed by atoms with van der Waals surface area (Å²) < 4.78 is 0. The van der Waals surface area contributed by atoms with Crippen LogP contribution in [0.15, 0.2) is 60.7 Å². The number of likely N-dealkylation sites (tertiary alicyclic amines) is 2. The Kier molecular flexibility index (Phi) is 6.93. The van der Waals surface area contributed by atoms with Crippen molar-refractivity contribution in [3.05, 3.63) is 71.8 Å². The molecule has 0 saturated carbocycles. The minimum absolute atomic E-state index is 0. The highest BCUT2D eigenvalue weighted by Gasteiger charge is 2.42. The van der Waals surface area contributed by atoms with Gasteiger partial charge in [0.15, 0.2) is 0 Å². The summed E-state index contributed by atoms with van der Waals surface area (Å²) in [6.07, 6.45) is 1.85. The molecule has 0 bridgehead atoms. The summed E-state index contributed by atoms with van der Waals surface area (Å²) in [5, 5.41) is 0. The maximum Gasteiger partial charge on any atom is 0.228 e. The lowest BCUT2D eigenvalue weighted by molar-refractivity contribution is -0.148. The fraction of sp³-hybridized carbons (Fsp3) is 0.391. The number of piperidine rings is 1. The highest BCUT2D eigenvalue weighted by Crippen LogP contribution is 2.39. The summed E-state index contributed by atoms with van der Waals surface area (Å²) >= 11 is 0. The van der Waals surface area contributed by atoms with Crippen LogP contribution >= 0.6 is 12.4 Å². The number of benzene rings is 2. The van der Waals surface area contributed by atoms with Crippen molar-refractivity contribution in [2.45, 2.75) is 37.9 Å². The number of rotatable bonds is 4. The van der Waals surface area contributed by atoms with Gasteiger partial charge in [0.05, 0.1) is 12.0 Å². The number of carbonyl (C=O) groups excluding carboxylic acids is 2. The van der Waals surface area contributed by atoms with Crippen LogP contribution in [-0.4, -0.2) is 40.7 Å². The zero-order valence-electron chi connectivity index (χ0n) is 16.4. The van der Waals surface area contributed by atoms with E-state index < -0.39 is 0 Å². The number of amides is 2. The Labute approximate surface area is 178 Å². The molecule has 0 aromatic heterocycles. The molecule has 5 nitrogen and oxygen atoms in total. The van der Waals surface area contributed by atoms with Crippen LogP contribution in [0, 0.1) is 5.92 Å². The van der Waals surface area contributed by atoms with Gasteiger partial charge in [0, 0.05) is 32.1 Å². The van der Waals surface area contributed by atoms with E-state index >= 15 is 0 Å². The SMILES string of the molecule is Cl.N[C@@H]1CCN(C(=O)C2CCC(=O)N(Cc3ccccc3)C2c2ccccc2)C1. The summed E-state index contributed by atoms with van der Waals surface area (Å²) in [6.45, 7) is 1.84. The highest BCUT2D eigenvalue weighted by atomic mass is 35.5. The molecule has 2 unspecified atom stereocenters. The molecule has 0 radical (unpaired) electrons. The van der Waals surface area contributed by atoms with Crippen LogP contribution in [0.25, 0.3) is 0 Å². The fourth-order valence-corrected chi connectivity index (χ4v) is 4.46. The summed E-state index contributed by atoms with van der Waals surface area (Å²) in [4.78, 5) is 30.1. The van der Waals surface area contributed by atoms with Crippen molar-refractivity contribution < 1.29 is 9.59 Å². The van der Waals surface area contributed by atoms with Gasteiger partial charge >= 0.3 is 0 Å². The molecule has 2 N–H and O–H groups in total. The summed E-state index contributed by atoms with van der Waals surface area (Å²) in [5.41, 5.74) is 8.13. The summed E-state index contributed by atoms with van der Waals surface area (Å²) in [7, 11) is 0. The van der Waals surface area contributed by atoms with Crippen LogP contribution in [0.3, 0.4) is 0 Å². The molecular weight excluding hydrogens is 386 g/mol. The summed E-state index contributed by atoms with van der Waals surface area (Å²) in [5.74, 6) is 0.0151. The van der Waals surface area contributed by atoms with Crippen molar-refractivity contribution in [3.8, 4) is 0 Å². The highest BCUT2D eigenvalue weighted by molar-refractivity contribution is 5.85. The van der Waals surface area contributed by atoms with Crippen LogP contribution in [0.2, 0.25) is 0 Å². The van der Waals surface area contributed by atoms with E-state index in [9.17, 15) is 9.59 Å². The maximum absolute atomic E-state index is 13.4. The molecule has 6 heteroatoms. The van der Waals surface area contributed by atoms with Crippen molar-refractivity contribution in [1.29, 1.82) is 0 Å². The lowest BCUT2D eigenvalue weighted by Gasteiger charge is -2.42. The second kappa shape index (κ2) is 9.42. The van der Waals surface area contributed by atoms with Gasteiger partial charge in [0.1, 0.15) is 0 Å². The lowest BCUT2D eigenvalue weighted by Crippen LogP contribution is -2.48. The average Bonchev–Trinajstić information content (AvgIpc) is 3.16. The minimum atomic E-state index is -0.244. The average molecular weight is 414 g/mol. The Morgan fingerprint density at radius 3 is 2.28 bits per heavy atom. The molecule has 2 saturated heterocycles. The smallest absolute Gasteiger partial charge is 0.228 e. The van der Waals surface area contributed by atoms with Crippen molar-refractivity contribution >= 4 is 24.2 Å². The maximum atomic E-state index is 13.4. The Bertz CT molecular complexity index is 831. The molecule has 4 rings (SSSR count). The molecule has 2 amide bonds. The van der Waals surface area contributed by atoms with E-state index in [1.54, 1.807) is 0 Å². The number of halogens is 1. The lowest BCUT2D eigenvalue weighted by atomic mass is 9.83. The van der Waals surface area contributed by atoms with Gasteiger partial charge in [-0.1, -0.05) is 60.7 Å². The van der Waals surface area contributed by atoms with Crippen LogP contribution in [0.1, 0.15) is 36.4 Å². The third-order valence-electron chi connectivity index (χ3n) is 5.90. The third kappa shape index (κ3) is 4.62. The molecule has 2 aromatic rings. The van der Waals surface area contributed by atoms with Gasteiger partial charge in [-0.15, -0.1) is 12.4 Å². The van der Waals surface area contributed by atoms with Crippen LogP contribution in [0.5, 0.6) is 0 Å². The topological polar surface area (TPSA) is 66.6 Å². The molecule has 2 aliphatic heterocycles. The first-order chi connectivity index (χ1) is 13.6. The van der Waals surface area contributed by atoms with Gasteiger partial charge in [0.25, 0.3) is 0 Å². The first-order valence-corrected chi connectivity index (χ1v) is 10.1. The first kappa shape index (κ1) is 21.3. The predicted molar refractivity (Wildman–Crippen MR) is 115 cm³/mol. The standard InChI is InChI=1S/C23H27N3O2.ClH/c24-19-13-14-25(16-19)23(28)20-11-12-21(27)26(15-17-7-3-1-4-8-17)22(20)18-9-5-2-6-10-18;/h1-10,19-20,22H,11-16,24H2;1H/t19-,20?,22?;/m1./s1. The molecule has 3 atom stereocenters. The van der Waals surface area contributed by atoms with Gasteiger partial charge in [0.2, 0.25) is 11.8 Å². The number of hydrogen-bond acceptors (Lipinski definition) is 3. The number of nitrogens with two attached hydrogens (primary N) is 1.